The highest BCUT2D eigenvalue weighted by Crippen LogP contribution is 2.32. The second kappa shape index (κ2) is 4.16. The van der Waals surface area contributed by atoms with Crippen molar-refractivity contribution in [2.45, 2.75) is 6.92 Å². The van der Waals surface area contributed by atoms with E-state index in [0.29, 0.717) is 22.3 Å². The highest BCUT2D eigenvalue weighted by atomic mass is 16.5. The number of ether oxygens (including phenoxy) is 1. The van der Waals surface area contributed by atoms with E-state index in [1.165, 1.54) is 13.2 Å². The number of rotatable bonds is 1. The minimum atomic E-state index is -0.334. The number of aryl methyl sites for hydroxylation is 1. The molecule has 3 rings (SSSR count). The first-order chi connectivity index (χ1) is 9.51. The van der Waals surface area contributed by atoms with Gasteiger partial charge in [-0.15, -0.1) is 0 Å². The summed E-state index contributed by atoms with van der Waals surface area (Å²) in [6.45, 7) is 1.77. The molecule has 1 aromatic heterocycles. The van der Waals surface area contributed by atoms with Gasteiger partial charge in [0.05, 0.1) is 12.5 Å². The molecule has 0 unspecified atom stereocenters. The Bertz CT molecular complexity index is 892. The van der Waals surface area contributed by atoms with Gasteiger partial charge >= 0.3 is 0 Å². The first-order valence-electron chi connectivity index (χ1n) is 5.98. The quantitative estimate of drug-likeness (QED) is 0.666. The molecule has 0 atom stereocenters. The molecule has 0 spiro atoms. The van der Waals surface area contributed by atoms with Crippen molar-refractivity contribution >= 4 is 21.9 Å². The zero-order chi connectivity index (χ0) is 14.4. The van der Waals surface area contributed by atoms with Crippen LogP contribution < -0.4 is 10.2 Å². The molecule has 20 heavy (non-hydrogen) atoms. The maximum atomic E-state index is 12.5. The SMILES string of the molecule is COc1cc(C)c2c(=O)c3c(O)cc(O)cc3oc2c1. The summed E-state index contributed by atoms with van der Waals surface area (Å²) < 4.78 is 10.8. The lowest BCUT2D eigenvalue weighted by Crippen LogP contribution is -2.04. The molecule has 0 amide bonds. The molecule has 5 nitrogen and oxygen atoms in total. The largest absolute Gasteiger partial charge is 0.508 e. The number of benzene rings is 2. The van der Waals surface area contributed by atoms with E-state index < -0.39 is 0 Å². The highest BCUT2D eigenvalue weighted by Gasteiger charge is 2.15. The summed E-state index contributed by atoms with van der Waals surface area (Å²) in [5.41, 5.74) is 0.846. The maximum absolute atomic E-state index is 12.5. The van der Waals surface area contributed by atoms with E-state index in [-0.39, 0.29) is 27.9 Å². The Hall–Kier alpha value is -2.69. The number of fused-ring (bicyclic) bond motifs is 2. The van der Waals surface area contributed by atoms with Gasteiger partial charge in [-0.2, -0.15) is 0 Å². The second-order valence-corrected chi connectivity index (χ2v) is 4.59. The fourth-order valence-corrected chi connectivity index (χ4v) is 2.35. The molecule has 0 saturated carbocycles. The normalized spacial score (nSPS) is 11.1. The standard InChI is InChI=1S/C15H12O5/c1-7-3-9(19-2)6-12-13(7)15(18)14-10(17)4-8(16)5-11(14)20-12/h3-6,16-17H,1-2H3. The van der Waals surface area contributed by atoms with Crippen LogP contribution in [0, 0.1) is 6.92 Å². The second-order valence-electron chi connectivity index (χ2n) is 4.59. The molecule has 5 heteroatoms. The van der Waals surface area contributed by atoms with Crippen LogP contribution in [0.5, 0.6) is 17.2 Å². The molecule has 2 aromatic carbocycles. The highest BCUT2D eigenvalue weighted by molar-refractivity contribution is 5.95. The third kappa shape index (κ3) is 1.67. The lowest BCUT2D eigenvalue weighted by Gasteiger charge is -2.08. The minimum absolute atomic E-state index is 0.0589. The zero-order valence-corrected chi connectivity index (χ0v) is 10.9. The van der Waals surface area contributed by atoms with Crippen molar-refractivity contribution in [2.24, 2.45) is 0 Å². The van der Waals surface area contributed by atoms with Gasteiger partial charge in [-0.05, 0) is 18.6 Å². The summed E-state index contributed by atoms with van der Waals surface area (Å²) in [4.78, 5) is 12.5. The number of phenols is 2. The van der Waals surface area contributed by atoms with Crippen LogP contribution in [-0.4, -0.2) is 17.3 Å². The van der Waals surface area contributed by atoms with E-state index in [1.54, 1.807) is 19.1 Å². The lowest BCUT2D eigenvalue weighted by molar-refractivity contribution is 0.414. The summed E-state index contributed by atoms with van der Waals surface area (Å²) >= 11 is 0. The average molecular weight is 272 g/mol. The van der Waals surface area contributed by atoms with Crippen molar-refractivity contribution in [3.63, 3.8) is 0 Å². The van der Waals surface area contributed by atoms with Gasteiger partial charge in [0, 0.05) is 18.2 Å². The Kier molecular flexibility index (Phi) is 2.57. The van der Waals surface area contributed by atoms with E-state index in [0.717, 1.165) is 6.07 Å². The number of hydrogen-bond donors (Lipinski definition) is 2. The van der Waals surface area contributed by atoms with E-state index in [1.807, 2.05) is 0 Å². The van der Waals surface area contributed by atoms with Crippen molar-refractivity contribution in [3.8, 4) is 17.2 Å². The smallest absolute Gasteiger partial charge is 0.204 e. The van der Waals surface area contributed by atoms with Crippen LogP contribution in [0.15, 0.2) is 33.5 Å². The molecule has 0 bridgehead atoms. The molecule has 0 aliphatic rings. The van der Waals surface area contributed by atoms with E-state index in [2.05, 4.69) is 0 Å². The predicted octanol–water partition coefficient (Wildman–Crippen LogP) is 2.67. The summed E-state index contributed by atoms with van der Waals surface area (Å²) in [6, 6.07) is 5.74. The summed E-state index contributed by atoms with van der Waals surface area (Å²) in [6.07, 6.45) is 0. The van der Waals surface area contributed by atoms with E-state index >= 15 is 0 Å². The molecular weight excluding hydrogens is 260 g/mol. The van der Waals surface area contributed by atoms with Gasteiger partial charge in [0.2, 0.25) is 5.43 Å². The predicted molar refractivity (Wildman–Crippen MR) is 74.6 cm³/mol. The van der Waals surface area contributed by atoms with Crippen LogP contribution in [0.25, 0.3) is 21.9 Å². The van der Waals surface area contributed by atoms with Gasteiger partial charge in [-0.3, -0.25) is 4.79 Å². The van der Waals surface area contributed by atoms with Gasteiger partial charge in [0.25, 0.3) is 0 Å². The molecule has 0 fully saturated rings. The molecule has 0 aliphatic carbocycles. The zero-order valence-electron chi connectivity index (χ0n) is 10.9. The van der Waals surface area contributed by atoms with E-state index in [9.17, 15) is 15.0 Å². The molecular formula is C15H12O5. The van der Waals surface area contributed by atoms with Crippen molar-refractivity contribution < 1.29 is 19.4 Å². The van der Waals surface area contributed by atoms with Gasteiger partial charge < -0.3 is 19.4 Å². The number of methoxy groups -OCH3 is 1. The molecule has 0 aliphatic heterocycles. The van der Waals surface area contributed by atoms with Crippen molar-refractivity contribution in [2.75, 3.05) is 7.11 Å². The Labute approximate surface area is 113 Å². The Morgan fingerprint density at radius 2 is 1.75 bits per heavy atom. The number of phenolic OH excluding ortho intramolecular Hbond substituents is 2. The molecule has 1 heterocycles. The summed E-state index contributed by atoms with van der Waals surface area (Å²) in [5.74, 6) is 0.102. The number of aromatic hydroxyl groups is 2. The van der Waals surface area contributed by atoms with Crippen LogP contribution in [0.3, 0.4) is 0 Å². The minimum Gasteiger partial charge on any atom is -0.508 e. The third-order valence-corrected chi connectivity index (χ3v) is 3.25. The lowest BCUT2D eigenvalue weighted by atomic mass is 10.1. The first kappa shape index (κ1) is 12.3. The Morgan fingerprint density at radius 1 is 1.05 bits per heavy atom. The average Bonchev–Trinajstić information content (AvgIpc) is 2.36. The molecule has 3 aromatic rings. The maximum Gasteiger partial charge on any atom is 0.204 e. The van der Waals surface area contributed by atoms with Gasteiger partial charge in [-0.25, -0.2) is 0 Å². The third-order valence-electron chi connectivity index (χ3n) is 3.25. The van der Waals surface area contributed by atoms with Crippen LogP contribution in [0.2, 0.25) is 0 Å². The topological polar surface area (TPSA) is 79.9 Å². The Morgan fingerprint density at radius 3 is 2.45 bits per heavy atom. The first-order valence-corrected chi connectivity index (χ1v) is 5.98. The monoisotopic (exact) mass is 272 g/mol. The molecule has 102 valence electrons. The molecule has 0 radical (unpaired) electrons. The molecule has 2 N–H and O–H groups in total. The van der Waals surface area contributed by atoms with E-state index in [4.69, 9.17) is 9.15 Å². The summed E-state index contributed by atoms with van der Waals surface area (Å²) in [7, 11) is 1.53. The van der Waals surface area contributed by atoms with Crippen molar-refractivity contribution in [1.82, 2.24) is 0 Å². The van der Waals surface area contributed by atoms with Crippen molar-refractivity contribution in [1.29, 1.82) is 0 Å². The molecule has 0 saturated heterocycles. The van der Waals surface area contributed by atoms with Gasteiger partial charge in [-0.1, -0.05) is 0 Å². The fraction of sp³-hybridized carbons (Fsp3) is 0.133. The Balaban J connectivity index is 2.57. The van der Waals surface area contributed by atoms with Crippen LogP contribution in [0.1, 0.15) is 5.56 Å². The van der Waals surface area contributed by atoms with Crippen molar-refractivity contribution in [3.05, 3.63) is 40.1 Å². The van der Waals surface area contributed by atoms with Crippen LogP contribution in [-0.2, 0) is 0 Å². The summed E-state index contributed by atoms with van der Waals surface area (Å²) in [5, 5.41) is 19.8. The fourth-order valence-electron chi connectivity index (χ4n) is 2.35. The van der Waals surface area contributed by atoms with Crippen LogP contribution in [0.4, 0.5) is 0 Å². The number of hydrogen-bond acceptors (Lipinski definition) is 5. The van der Waals surface area contributed by atoms with Gasteiger partial charge in [0.15, 0.2) is 0 Å². The van der Waals surface area contributed by atoms with Crippen LogP contribution >= 0.6 is 0 Å². The van der Waals surface area contributed by atoms with Gasteiger partial charge in [0.1, 0.15) is 33.8 Å².